The third-order valence-electron chi connectivity index (χ3n) is 21.3. The summed E-state index contributed by atoms with van der Waals surface area (Å²) in [6.45, 7) is 1.64. The Balaban J connectivity index is 1.34. The van der Waals surface area contributed by atoms with Gasteiger partial charge in [-0.15, -0.1) is 0 Å². The number of amides is 1. The number of aliphatic hydroxyl groups excluding tert-OH is 11. The molecule has 0 spiro atoms. The van der Waals surface area contributed by atoms with Crippen LogP contribution in [0.15, 0.2) is 97.2 Å². The van der Waals surface area contributed by atoms with Gasteiger partial charge in [-0.25, -0.2) is 0 Å². The van der Waals surface area contributed by atoms with Gasteiger partial charge in [0.25, 0.3) is 0 Å². The first kappa shape index (κ1) is 99.9. The second kappa shape index (κ2) is 69.1. The summed E-state index contributed by atoms with van der Waals surface area (Å²) in [7, 11) is 0. The van der Waals surface area contributed by atoms with E-state index in [2.05, 4.69) is 104 Å². The summed E-state index contributed by atoms with van der Waals surface area (Å²) in [5.74, 6) is -0.286. The molecule has 3 saturated heterocycles. The molecule has 19 nitrogen and oxygen atoms in total. The van der Waals surface area contributed by atoms with Crippen molar-refractivity contribution < 1.29 is 89.4 Å². The zero-order valence-electron chi connectivity index (χ0n) is 68.0. The van der Waals surface area contributed by atoms with Crippen molar-refractivity contribution in [3.05, 3.63) is 97.2 Å². The van der Waals surface area contributed by atoms with E-state index >= 15 is 0 Å². The van der Waals surface area contributed by atoms with Crippen LogP contribution in [-0.2, 0) is 33.2 Å². The molecule has 17 unspecified atom stereocenters. The molecule has 0 aromatic rings. The normalized spacial score (nSPS) is 25.8. The van der Waals surface area contributed by atoms with Crippen molar-refractivity contribution in [2.75, 3.05) is 26.4 Å². The van der Waals surface area contributed by atoms with Gasteiger partial charge in [-0.3, -0.25) is 4.79 Å². The summed E-state index contributed by atoms with van der Waals surface area (Å²) >= 11 is 0. The van der Waals surface area contributed by atoms with E-state index in [0.717, 1.165) is 77.0 Å². The molecule has 17 atom stereocenters. The molecular formula is C90H159NO18. The molecule has 632 valence electrons. The number of hydrogen-bond donors (Lipinski definition) is 12. The minimum atomic E-state index is -1.99. The van der Waals surface area contributed by atoms with Gasteiger partial charge in [-0.05, 0) is 89.9 Å². The number of ether oxygens (including phenoxy) is 6. The first-order chi connectivity index (χ1) is 53.3. The number of unbranched alkanes of at least 4 members (excludes halogenated alkanes) is 40. The molecule has 3 heterocycles. The van der Waals surface area contributed by atoms with Crippen LogP contribution in [0.25, 0.3) is 0 Å². The number of nitrogens with one attached hydrogen (secondary N) is 1. The predicted octanol–water partition coefficient (Wildman–Crippen LogP) is 16.3. The number of rotatable bonds is 70. The zero-order chi connectivity index (χ0) is 78.8. The number of aliphatic hydroxyl groups is 11. The van der Waals surface area contributed by atoms with Crippen molar-refractivity contribution in [2.45, 2.75) is 439 Å². The Bertz CT molecular complexity index is 2340. The average molecular weight is 1540 g/mol. The van der Waals surface area contributed by atoms with Gasteiger partial charge in [0, 0.05) is 6.42 Å². The van der Waals surface area contributed by atoms with Crippen LogP contribution in [0.3, 0.4) is 0 Å². The summed E-state index contributed by atoms with van der Waals surface area (Å²) < 4.78 is 34.5. The molecule has 3 rings (SSSR count). The van der Waals surface area contributed by atoms with Crippen molar-refractivity contribution >= 4 is 5.91 Å². The van der Waals surface area contributed by atoms with Gasteiger partial charge in [-0.1, -0.05) is 336 Å². The summed E-state index contributed by atoms with van der Waals surface area (Å²) in [4.78, 5) is 13.5. The molecule has 3 aliphatic heterocycles. The van der Waals surface area contributed by atoms with Crippen molar-refractivity contribution in [1.29, 1.82) is 0 Å². The smallest absolute Gasteiger partial charge is 0.220 e. The predicted molar refractivity (Wildman–Crippen MR) is 438 cm³/mol. The molecule has 0 radical (unpaired) electrons. The fraction of sp³-hybridized carbons (Fsp3) is 0.811. The maximum absolute atomic E-state index is 13.5. The summed E-state index contributed by atoms with van der Waals surface area (Å²) in [6.07, 6.45) is 68.4. The van der Waals surface area contributed by atoms with E-state index in [1.807, 2.05) is 6.08 Å². The van der Waals surface area contributed by atoms with Crippen LogP contribution in [0, 0.1) is 0 Å². The molecule has 109 heavy (non-hydrogen) atoms. The van der Waals surface area contributed by atoms with Crippen LogP contribution in [-0.4, -0.2) is 193 Å². The maximum atomic E-state index is 13.5. The lowest BCUT2D eigenvalue weighted by molar-refractivity contribution is -0.379. The van der Waals surface area contributed by atoms with Crippen LogP contribution in [0.5, 0.6) is 0 Å². The molecule has 0 aromatic carbocycles. The third kappa shape index (κ3) is 48.0. The lowest BCUT2D eigenvalue weighted by Crippen LogP contribution is -2.66. The monoisotopic (exact) mass is 1540 g/mol. The number of hydrogen-bond acceptors (Lipinski definition) is 18. The Labute approximate surface area is 660 Å². The van der Waals surface area contributed by atoms with E-state index in [9.17, 15) is 61.0 Å². The Morgan fingerprint density at radius 1 is 0.339 bits per heavy atom. The van der Waals surface area contributed by atoms with E-state index in [1.165, 1.54) is 225 Å². The maximum Gasteiger partial charge on any atom is 0.220 e. The van der Waals surface area contributed by atoms with Crippen LogP contribution in [0.1, 0.15) is 335 Å². The fourth-order valence-electron chi connectivity index (χ4n) is 14.4. The molecule has 12 N–H and O–H groups in total. The van der Waals surface area contributed by atoms with Crippen molar-refractivity contribution in [3.63, 3.8) is 0 Å². The molecule has 0 saturated carbocycles. The van der Waals surface area contributed by atoms with E-state index in [0.29, 0.717) is 12.8 Å². The Kier molecular flexibility index (Phi) is 63.3. The molecule has 3 aliphatic rings. The van der Waals surface area contributed by atoms with Gasteiger partial charge >= 0.3 is 0 Å². The topological polar surface area (TPSA) is 307 Å². The van der Waals surface area contributed by atoms with Gasteiger partial charge in [-0.2, -0.15) is 0 Å². The average Bonchev–Trinajstić information content (AvgIpc) is 0.760. The van der Waals surface area contributed by atoms with Crippen molar-refractivity contribution in [1.82, 2.24) is 5.32 Å². The molecule has 0 bridgehead atoms. The minimum absolute atomic E-state index is 0.231. The summed E-state index contributed by atoms with van der Waals surface area (Å²) in [5, 5.41) is 121. The van der Waals surface area contributed by atoms with E-state index in [1.54, 1.807) is 6.08 Å². The molecule has 0 aliphatic carbocycles. The first-order valence-electron chi connectivity index (χ1n) is 44.0. The van der Waals surface area contributed by atoms with E-state index in [4.69, 9.17) is 28.4 Å². The molecule has 19 heteroatoms. The van der Waals surface area contributed by atoms with Gasteiger partial charge in [0.05, 0.1) is 38.6 Å². The number of carbonyl (C=O) groups excluding carboxylic acids is 1. The molecule has 0 aromatic heterocycles. The Morgan fingerprint density at radius 3 is 1.03 bits per heavy atom. The lowest BCUT2D eigenvalue weighted by Gasteiger charge is -2.48. The highest BCUT2D eigenvalue weighted by molar-refractivity contribution is 5.76. The number of allylic oxidation sites excluding steroid dienone is 15. The van der Waals surface area contributed by atoms with Crippen LogP contribution < -0.4 is 5.32 Å². The first-order valence-corrected chi connectivity index (χ1v) is 44.0. The third-order valence-corrected chi connectivity index (χ3v) is 21.3. The Hall–Kier alpha value is -3.29. The molecule has 3 fully saturated rings. The second-order valence-corrected chi connectivity index (χ2v) is 31.0. The fourth-order valence-corrected chi connectivity index (χ4v) is 14.4. The minimum Gasteiger partial charge on any atom is -0.394 e. The largest absolute Gasteiger partial charge is 0.394 e. The van der Waals surface area contributed by atoms with Gasteiger partial charge < -0.3 is 89.9 Å². The lowest BCUT2D eigenvalue weighted by atomic mass is 9.96. The highest BCUT2D eigenvalue weighted by atomic mass is 16.8. The Morgan fingerprint density at radius 2 is 0.642 bits per heavy atom. The van der Waals surface area contributed by atoms with E-state index in [-0.39, 0.29) is 18.9 Å². The molecule has 1 amide bonds. The SMILES string of the molecule is CC/C=C\C/C=C\C/C=C\C/C=C\C/C=C\CCCCCCCCCCCCCCCCCCCCCCCC(=O)NC(COC1OC(CO)C(OC2OC(CO)C(OC3OC(CO)C(O)C(O)C3O)C(O)C2O)C(O)C1O)C(O)/C=C/CC/C=C/CC/C=C/CCCCCCCCCCCCCCCCCCC. The molecular weight excluding hydrogens is 1380 g/mol. The highest BCUT2D eigenvalue weighted by Gasteiger charge is 2.54. The van der Waals surface area contributed by atoms with Crippen molar-refractivity contribution in [2.24, 2.45) is 0 Å². The van der Waals surface area contributed by atoms with E-state index < -0.39 is 124 Å². The standard InChI is InChI=1S/C90H159NO18/c1-3-5-7-9-11-13-15-17-19-21-23-25-27-29-31-32-33-34-35-36-37-38-39-40-42-44-46-48-50-52-54-56-58-60-62-64-66-68-78(96)91-73(74(95)67-65-63-61-59-57-55-53-51-49-47-45-43-41-30-28-26-24-22-20-18-16-14-12-10-8-6-4-2)72-104-88-84(102)81(99)86(76(70-93)106-88)109-90-85(103)82(100)87(77(71-94)107-90)108-89-83(101)80(98)79(97)75(69-92)105-89/h5,7,11,13,17,19,23,25,29,31,49,51,57,59,65,67,73-77,79-90,92-95,97-103H,3-4,6,8-10,12,14-16,18,20-22,24,26-28,30,32-48,50,52-56,58,60-64,66,68-72H2,1-2H3,(H,91,96)/b7-5-,13-11-,19-17-,25-23-,31-29-,51-49+,59-57+,67-65+. The summed E-state index contributed by atoms with van der Waals surface area (Å²) in [5.41, 5.74) is 0. The van der Waals surface area contributed by atoms with Gasteiger partial charge in [0.2, 0.25) is 5.91 Å². The highest BCUT2D eigenvalue weighted by Crippen LogP contribution is 2.33. The van der Waals surface area contributed by atoms with Gasteiger partial charge in [0.1, 0.15) is 73.2 Å². The quantitative estimate of drug-likeness (QED) is 0.0199. The van der Waals surface area contributed by atoms with Crippen LogP contribution >= 0.6 is 0 Å². The van der Waals surface area contributed by atoms with Crippen LogP contribution in [0.4, 0.5) is 0 Å². The van der Waals surface area contributed by atoms with Crippen molar-refractivity contribution in [3.8, 4) is 0 Å². The van der Waals surface area contributed by atoms with Gasteiger partial charge in [0.15, 0.2) is 18.9 Å². The summed E-state index contributed by atoms with van der Waals surface area (Å²) in [6, 6.07) is -1.00. The zero-order valence-corrected chi connectivity index (χ0v) is 68.0. The number of carbonyl (C=O) groups is 1. The van der Waals surface area contributed by atoms with Crippen LogP contribution in [0.2, 0.25) is 0 Å². The second-order valence-electron chi connectivity index (χ2n) is 31.0.